The number of hydrogen-bond donors (Lipinski definition) is 3. The summed E-state index contributed by atoms with van der Waals surface area (Å²) >= 11 is 0. The van der Waals surface area contributed by atoms with Crippen LogP contribution in [0.15, 0.2) is 29.2 Å². The first-order valence-electron chi connectivity index (χ1n) is 7.51. The Kier molecular flexibility index (Phi) is 4.63. The van der Waals surface area contributed by atoms with Crippen molar-refractivity contribution in [1.82, 2.24) is 20.8 Å². The van der Waals surface area contributed by atoms with E-state index in [4.69, 9.17) is 0 Å². The molecular formula is C15H17FN4O3S. The summed E-state index contributed by atoms with van der Waals surface area (Å²) in [5, 5.41) is 12.6. The van der Waals surface area contributed by atoms with E-state index in [2.05, 4.69) is 20.8 Å². The minimum Gasteiger partial charge on any atom is -0.350 e. The second-order valence-electron chi connectivity index (χ2n) is 5.48. The third-order valence-corrected chi connectivity index (χ3v) is 5.58. The van der Waals surface area contributed by atoms with Crippen molar-refractivity contribution in [2.45, 2.75) is 17.9 Å². The van der Waals surface area contributed by atoms with Crippen LogP contribution in [-0.4, -0.2) is 43.4 Å². The van der Waals surface area contributed by atoms with Crippen LogP contribution in [0.4, 0.5) is 4.39 Å². The maximum absolute atomic E-state index is 12.9. The molecule has 3 rings (SSSR count). The molecule has 0 unspecified atom stereocenters. The molecule has 3 N–H and O–H groups in total. The molecule has 128 valence electrons. The molecule has 0 saturated heterocycles. The van der Waals surface area contributed by atoms with Gasteiger partial charge in [0.2, 0.25) is 0 Å². The highest BCUT2D eigenvalue weighted by Gasteiger charge is 2.22. The van der Waals surface area contributed by atoms with E-state index in [0.29, 0.717) is 18.7 Å². The Bertz CT molecular complexity index is 846. The summed E-state index contributed by atoms with van der Waals surface area (Å²) in [6.45, 7) is 1.36. The molecule has 1 aliphatic rings. The van der Waals surface area contributed by atoms with Crippen molar-refractivity contribution in [3.63, 3.8) is 0 Å². The maximum Gasteiger partial charge on any atom is 0.272 e. The Balaban J connectivity index is 1.61. The lowest BCUT2D eigenvalue weighted by Crippen LogP contribution is -2.31. The van der Waals surface area contributed by atoms with E-state index in [-0.39, 0.29) is 17.2 Å². The lowest BCUT2D eigenvalue weighted by molar-refractivity contribution is 0.0950. The molecule has 7 nitrogen and oxygen atoms in total. The van der Waals surface area contributed by atoms with Gasteiger partial charge in [0, 0.05) is 18.7 Å². The van der Waals surface area contributed by atoms with Gasteiger partial charge in [0.15, 0.2) is 15.5 Å². The highest BCUT2D eigenvalue weighted by Crippen LogP contribution is 2.15. The van der Waals surface area contributed by atoms with Crippen molar-refractivity contribution in [3.8, 4) is 0 Å². The Morgan fingerprint density at radius 1 is 1.29 bits per heavy atom. The molecule has 0 spiro atoms. The quantitative estimate of drug-likeness (QED) is 0.676. The van der Waals surface area contributed by atoms with Gasteiger partial charge in [0.25, 0.3) is 5.91 Å². The number of benzene rings is 1. The molecule has 24 heavy (non-hydrogen) atoms. The van der Waals surface area contributed by atoms with Gasteiger partial charge in [0.1, 0.15) is 5.82 Å². The molecule has 1 aromatic heterocycles. The molecule has 1 amide bonds. The number of nitrogens with one attached hydrogen (secondary N) is 3. The highest BCUT2D eigenvalue weighted by atomic mass is 32.2. The Hall–Kier alpha value is -2.26. The highest BCUT2D eigenvalue weighted by molar-refractivity contribution is 7.91. The molecule has 0 bridgehead atoms. The summed E-state index contributed by atoms with van der Waals surface area (Å²) in [6, 6.07) is 4.61. The zero-order valence-electron chi connectivity index (χ0n) is 12.8. The summed E-state index contributed by atoms with van der Waals surface area (Å²) in [5.74, 6) is -1.16. The first kappa shape index (κ1) is 16.6. The first-order valence-corrected chi connectivity index (χ1v) is 9.16. The molecular weight excluding hydrogens is 335 g/mol. The minimum atomic E-state index is -3.58. The van der Waals surface area contributed by atoms with E-state index in [1.807, 2.05) is 0 Å². The number of aromatic nitrogens is 2. The van der Waals surface area contributed by atoms with Gasteiger partial charge in [-0.05, 0) is 37.2 Å². The molecule has 9 heteroatoms. The van der Waals surface area contributed by atoms with Crippen molar-refractivity contribution in [1.29, 1.82) is 0 Å². The van der Waals surface area contributed by atoms with Gasteiger partial charge in [-0.1, -0.05) is 0 Å². The summed E-state index contributed by atoms with van der Waals surface area (Å²) < 4.78 is 37.1. The van der Waals surface area contributed by atoms with Crippen molar-refractivity contribution < 1.29 is 17.6 Å². The number of aromatic amines is 1. The predicted molar refractivity (Wildman–Crippen MR) is 84.8 cm³/mol. The van der Waals surface area contributed by atoms with E-state index >= 15 is 0 Å². The second kappa shape index (κ2) is 6.70. The molecule has 0 fully saturated rings. The van der Waals surface area contributed by atoms with Crippen molar-refractivity contribution in [3.05, 3.63) is 47.0 Å². The zero-order valence-corrected chi connectivity index (χ0v) is 13.6. The van der Waals surface area contributed by atoms with Gasteiger partial charge < -0.3 is 10.6 Å². The normalized spacial score (nSPS) is 14.2. The number of carbonyl (C=O) groups excluding carboxylic acids is 1. The molecule has 0 atom stereocenters. The van der Waals surface area contributed by atoms with Gasteiger partial charge in [-0.2, -0.15) is 5.10 Å². The third-order valence-electron chi connectivity index (χ3n) is 3.85. The minimum absolute atomic E-state index is 0.0290. The third kappa shape index (κ3) is 3.46. The Morgan fingerprint density at radius 2 is 2.04 bits per heavy atom. The van der Waals surface area contributed by atoms with Gasteiger partial charge in [-0.25, -0.2) is 12.8 Å². The fraction of sp³-hybridized carbons (Fsp3) is 0.333. The van der Waals surface area contributed by atoms with E-state index in [1.165, 1.54) is 12.1 Å². The van der Waals surface area contributed by atoms with Crippen LogP contribution < -0.4 is 10.6 Å². The van der Waals surface area contributed by atoms with Crippen LogP contribution in [-0.2, 0) is 22.8 Å². The number of fused-ring (bicyclic) bond motifs is 1. The maximum atomic E-state index is 12.9. The van der Waals surface area contributed by atoms with Gasteiger partial charge in [-0.15, -0.1) is 0 Å². The lowest BCUT2D eigenvalue weighted by atomic mass is 10.1. The zero-order chi connectivity index (χ0) is 17.2. The average Bonchev–Trinajstić information content (AvgIpc) is 2.99. The lowest BCUT2D eigenvalue weighted by Gasteiger charge is -2.12. The summed E-state index contributed by atoms with van der Waals surface area (Å²) in [5.41, 5.74) is 2.06. The largest absolute Gasteiger partial charge is 0.350 e. The SMILES string of the molecule is O=C(NCCS(=O)(=O)c1ccc(F)cc1)c1n[nH]c2c1CCNC2. The van der Waals surface area contributed by atoms with Crippen LogP contribution >= 0.6 is 0 Å². The summed E-state index contributed by atoms with van der Waals surface area (Å²) in [6.07, 6.45) is 0.697. The monoisotopic (exact) mass is 352 g/mol. The number of H-pyrrole nitrogens is 1. The van der Waals surface area contributed by atoms with Gasteiger partial charge in [0.05, 0.1) is 16.3 Å². The Morgan fingerprint density at radius 3 is 2.79 bits per heavy atom. The van der Waals surface area contributed by atoms with E-state index in [9.17, 15) is 17.6 Å². The average molecular weight is 352 g/mol. The molecule has 1 aromatic carbocycles. The van der Waals surface area contributed by atoms with Gasteiger partial charge in [-0.3, -0.25) is 9.89 Å². The molecule has 0 saturated carbocycles. The van der Waals surface area contributed by atoms with Gasteiger partial charge >= 0.3 is 0 Å². The smallest absolute Gasteiger partial charge is 0.272 e. The number of amides is 1. The summed E-state index contributed by atoms with van der Waals surface area (Å²) in [7, 11) is -3.58. The number of carbonyl (C=O) groups is 1. The van der Waals surface area contributed by atoms with Crippen LogP contribution in [0.25, 0.3) is 0 Å². The molecule has 0 aliphatic carbocycles. The Labute approximate surface area is 138 Å². The second-order valence-corrected chi connectivity index (χ2v) is 7.59. The van der Waals surface area contributed by atoms with Crippen LogP contribution in [0.2, 0.25) is 0 Å². The fourth-order valence-corrected chi connectivity index (χ4v) is 3.73. The standard InChI is InChI=1S/C15H17FN4O3S/c16-10-1-3-11(4-2-10)24(22,23)8-7-18-15(21)14-12-5-6-17-9-13(12)19-20-14/h1-4,17H,5-9H2,(H,18,21)(H,19,20). The molecule has 0 radical (unpaired) electrons. The molecule has 2 heterocycles. The van der Waals surface area contributed by atoms with Crippen LogP contribution in [0.1, 0.15) is 21.7 Å². The van der Waals surface area contributed by atoms with E-state index in [1.54, 1.807) is 0 Å². The van der Waals surface area contributed by atoms with Crippen LogP contribution in [0, 0.1) is 5.82 Å². The van der Waals surface area contributed by atoms with Crippen molar-refractivity contribution >= 4 is 15.7 Å². The molecule has 2 aromatic rings. The fourth-order valence-electron chi connectivity index (χ4n) is 2.57. The number of hydrogen-bond acceptors (Lipinski definition) is 5. The number of rotatable bonds is 5. The molecule has 1 aliphatic heterocycles. The van der Waals surface area contributed by atoms with Crippen molar-refractivity contribution in [2.24, 2.45) is 0 Å². The summed E-state index contributed by atoms with van der Waals surface area (Å²) in [4.78, 5) is 12.2. The number of halogens is 1. The van der Waals surface area contributed by atoms with Crippen LogP contribution in [0.3, 0.4) is 0 Å². The number of nitrogens with zero attached hydrogens (tertiary/aromatic N) is 1. The number of sulfone groups is 1. The predicted octanol–water partition coefficient (Wildman–Crippen LogP) is 0.398. The van der Waals surface area contributed by atoms with Crippen LogP contribution in [0.5, 0.6) is 0 Å². The topological polar surface area (TPSA) is 104 Å². The van der Waals surface area contributed by atoms with E-state index in [0.717, 1.165) is 29.9 Å². The van der Waals surface area contributed by atoms with Crippen molar-refractivity contribution in [2.75, 3.05) is 18.8 Å². The first-order chi connectivity index (χ1) is 11.5. The van der Waals surface area contributed by atoms with E-state index < -0.39 is 21.6 Å².